The SMILES string of the molecule is Cc1ccc(C(O)c2ccc(Br)c(C)c2)cc1Cl. The second-order valence-corrected chi connectivity index (χ2v) is 5.68. The average molecular weight is 326 g/mol. The van der Waals surface area contributed by atoms with Gasteiger partial charge in [0.2, 0.25) is 0 Å². The lowest BCUT2D eigenvalue weighted by Gasteiger charge is -2.14. The molecule has 2 aromatic rings. The molecule has 0 radical (unpaired) electrons. The second kappa shape index (κ2) is 5.43. The Morgan fingerprint density at radius 3 is 2.22 bits per heavy atom. The number of halogens is 2. The third kappa shape index (κ3) is 2.77. The van der Waals surface area contributed by atoms with Crippen molar-refractivity contribution in [2.24, 2.45) is 0 Å². The fourth-order valence-corrected chi connectivity index (χ4v) is 2.25. The van der Waals surface area contributed by atoms with E-state index in [1.807, 2.05) is 50.2 Å². The van der Waals surface area contributed by atoms with Gasteiger partial charge in [-0.05, 0) is 48.2 Å². The summed E-state index contributed by atoms with van der Waals surface area (Å²) in [6.45, 7) is 3.95. The molecule has 94 valence electrons. The normalized spacial score (nSPS) is 12.5. The van der Waals surface area contributed by atoms with Crippen molar-refractivity contribution in [2.45, 2.75) is 20.0 Å². The molecule has 0 aliphatic rings. The molecule has 1 nitrogen and oxygen atoms in total. The predicted octanol–water partition coefficient (Wildman–Crippen LogP) is 4.80. The fourth-order valence-electron chi connectivity index (χ4n) is 1.81. The maximum absolute atomic E-state index is 10.3. The van der Waals surface area contributed by atoms with Crippen LogP contribution in [0.4, 0.5) is 0 Å². The molecule has 0 heterocycles. The summed E-state index contributed by atoms with van der Waals surface area (Å²) in [5.74, 6) is 0. The lowest BCUT2D eigenvalue weighted by Crippen LogP contribution is -2.00. The molecule has 18 heavy (non-hydrogen) atoms. The van der Waals surface area contributed by atoms with Crippen molar-refractivity contribution in [2.75, 3.05) is 0 Å². The van der Waals surface area contributed by atoms with Crippen LogP contribution in [0.1, 0.15) is 28.4 Å². The summed E-state index contributed by atoms with van der Waals surface area (Å²) in [5, 5.41) is 11.0. The van der Waals surface area contributed by atoms with E-state index in [4.69, 9.17) is 11.6 Å². The zero-order chi connectivity index (χ0) is 13.3. The summed E-state index contributed by atoms with van der Waals surface area (Å²) in [4.78, 5) is 0. The highest BCUT2D eigenvalue weighted by Crippen LogP contribution is 2.28. The molecule has 0 aromatic heterocycles. The van der Waals surface area contributed by atoms with Gasteiger partial charge in [0.25, 0.3) is 0 Å². The quantitative estimate of drug-likeness (QED) is 0.841. The minimum atomic E-state index is -0.644. The Labute approximate surface area is 121 Å². The van der Waals surface area contributed by atoms with Crippen LogP contribution in [-0.4, -0.2) is 5.11 Å². The van der Waals surface area contributed by atoms with Crippen molar-refractivity contribution >= 4 is 27.5 Å². The van der Waals surface area contributed by atoms with Crippen LogP contribution in [0.25, 0.3) is 0 Å². The lowest BCUT2D eigenvalue weighted by molar-refractivity contribution is 0.220. The third-order valence-electron chi connectivity index (χ3n) is 3.01. The summed E-state index contributed by atoms with van der Waals surface area (Å²) in [7, 11) is 0. The van der Waals surface area contributed by atoms with E-state index in [2.05, 4.69) is 15.9 Å². The molecule has 1 unspecified atom stereocenters. The Morgan fingerprint density at radius 2 is 1.61 bits per heavy atom. The molecule has 0 aliphatic heterocycles. The third-order valence-corrected chi connectivity index (χ3v) is 4.31. The first kappa shape index (κ1) is 13.6. The standard InChI is InChI=1S/C15H14BrClO/c1-9-3-4-12(8-14(9)17)15(18)11-5-6-13(16)10(2)7-11/h3-8,15,18H,1-2H3. The molecule has 0 amide bonds. The summed E-state index contributed by atoms with van der Waals surface area (Å²) >= 11 is 9.54. The second-order valence-electron chi connectivity index (χ2n) is 4.42. The Kier molecular flexibility index (Phi) is 4.10. The van der Waals surface area contributed by atoms with Crippen molar-refractivity contribution in [3.63, 3.8) is 0 Å². The first-order valence-corrected chi connectivity index (χ1v) is 6.86. The summed E-state index contributed by atoms with van der Waals surface area (Å²) in [5.41, 5.74) is 3.80. The number of hydrogen-bond donors (Lipinski definition) is 1. The van der Waals surface area contributed by atoms with Crippen molar-refractivity contribution < 1.29 is 5.11 Å². The first-order chi connectivity index (χ1) is 8.49. The highest BCUT2D eigenvalue weighted by atomic mass is 79.9. The van der Waals surface area contributed by atoms with Crippen LogP contribution in [0.3, 0.4) is 0 Å². The van der Waals surface area contributed by atoms with Crippen molar-refractivity contribution in [1.82, 2.24) is 0 Å². The number of aliphatic hydroxyl groups is 1. The smallest absolute Gasteiger partial charge is 0.104 e. The first-order valence-electron chi connectivity index (χ1n) is 5.69. The van der Waals surface area contributed by atoms with Gasteiger partial charge < -0.3 is 5.11 Å². The number of hydrogen-bond acceptors (Lipinski definition) is 1. The van der Waals surface area contributed by atoms with Crippen LogP contribution in [0, 0.1) is 13.8 Å². The van der Waals surface area contributed by atoms with Gasteiger partial charge in [-0.15, -0.1) is 0 Å². The highest BCUT2D eigenvalue weighted by molar-refractivity contribution is 9.10. The monoisotopic (exact) mass is 324 g/mol. The molecular weight excluding hydrogens is 312 g/mol. The number of rotatable bonds is 2. The van der Waals surface area contributed by atoms with Crippen LogP contribution < -0.4 is 0 Å². The molecule has 0 saturated carbocycles. The topological polar surface area (TPSA) is 20.2 Å². The molecule has 0 aliphatic carbocycles. The van der Waals surface area contributed by atoms with Crippen LogP contribution in [0.5, 0.6) is 0 Å². The van der Waals surface area contributed by atoms with Crippen molar-refractivity contribution in [3.05, 3.63) is 68.1 Å². The zero-order valence-corrected chi connectivity index (χ0v) is 12.6. The predicted molar refractivity (Wildman–Crippen MR) is 79.1 cm³/mol. The highest BCUT2D eigenvalue weighted by Gasteiger charge is 2.12. The minimum absolute atomic E-state index is 0.644. The number of benzene rings is 2. The fraction of sp³-hybridized carbons (Fsp3) is 0.200. The molecule has 0 spiro atoms. The van der Waals surface area contributed by atoms with E-state index in [1.165, 1.54) is 0 Å². The number of aliphatic hydroxyl groups excluding tert-OH is 1. The molecule has 0 bridgehead atoms. The van der Waals surface area contributed by atoms with E-state index in [0.717, 1.165) is 26.7 Å². The Hall–Kier alpha value is -0.830. The van der Waals surface area contributed by atoms with E-state index >= 15 is 0 Å². The van der Waals surface area contributed by atoms with Gasteiger partial charge in [0, 0.05) is 9.50 Å². The number of aryl methyl sites for hydroxylation is 2. The molecule has 1 atom stereocenters. The van der Waals surface area contributed by atoms with Crippen molar-refractivity contribution in [3.8, 4) is 0 Å². The van der Waals surface area contributed by atoms with Crippen LogP contribution in [-0.2, 0) is 0 Å². The molecular formula is C15H14BrClO. The van der Waals surface area contributed by atoms with Crippen LogP contribution in [0.15, 0.2) is 40.9 Å². The van der Waals surface area contributed by atoms with Gasteiger partial charge in [0.1, 0.15) is 6.10 Å². The maximum atomic E-state index is 10.3. The van der Waals surface area contributed by atoms with Gasteiger partial charge in [0.05, 0.1) is 0 Å². The molecule has 2 rings (SSSR count). The lowest BCUT2D eigenvalue weighted by atomic mass is 9.99. The summed E-state index contributed by atoms with van der Waals surface area (Å²) in [6, 6.07) is 11.5. The van der Waals surface area contributed by atoms with Crippen LogP contribution in [0.2, 0.25) is 5.02 Å². The molecule has 1 N–H and O–H groups in total. The van der Waals surface area contributed by atoms with E-state index in [1.54, 1.807) is 0 Å². The van der Waals surface area contributed by atoms with Gasteiger partial charge in [-0.3, -0.25) is 0 Å². The van der Waals surface area contributed by atoms with E-state index in [0.29, 0.717) is 5.02 Å². The Balaban J connectivity index is 2.37. The van der Waals surface area contributed by atoms with Gasteiger partial charge in [-0.1, -0.05) is 51.8 Å². The maximum Gasteiger partial charge on any atom is 0.104 e. The van der Waals surface area contributed by atoms with E-state index in [9.17, 15) is 5.11 Å². The van der Waals surface area contributed by atoms with Gasteiger partial charge in [-0.2, -0.15) is 0 Å². The molecule has 3 heteroatoms. The average Bonchev–Trinajstić information content (AvgIpc) is 2.35. The van der Waals surface area contributed by atoms with Gasteiger partial charge >= 0.3 is 0 Å². The Bertz CT molecular complexity index is 529. The van der Waals surface area contributed by atoms with Gasteiger partial charge in [-0.25, -0.2) is 0 Å². The van der Waals surface area contributed by atoms with Crippen LogP contribution >= 0.6 is 27.5 Å². The summed E-state index contributed by atoms with van der Waals surface area (Å²) in [6.07, 6.45) is -0.644. The zero-order valence-electron chi connectivity index (χ0n) is 10.2. The largest absolute Gasteiger partial charge is 0.384 e. The Morgan fingerprint density at radius 1 is 1.00 bits per heavy atom. The molecule has 0 saturated heterocycles. The summed E-state index contributed by atoms with van der Waals surface area (Å²) < 4.78 is 1.04. The minimum Gasteiger partial charge on any atom is -0.384 e. The van der Waals surface area contributed by atoms with E-state index in [-0.39, 0.29) is 0 Å². The van der Waals surface area contributed by atoms with E-state index < -0.39 is 6.10 Å². The molecule has 2 aromatic carbocycles. The van der Waals surface area contributed by atoms with Gasteiger partial charge in [0.15, 0.2) is 0 Å². The van der Waals surface area contributed by atoms with Crippen molar-refractivity contribution in [1.29, 1.82) is 0 Å². The molecule has 0 fully saturated rings.